The fraction of sp³-hybridized carbons (Fsp3) is 0.286. The van der Waals surface area contributed by atoms with Gasteiger partial charge in [0.15, 0.2) is 0 Å². The number of hydrogen-bond donors (Lipinski definition) is 0. The molecule has 0 aliphatic carbocycles. The Morgan fingerprint density at radius 3 is 2.71 bits per heavy atom. The van der Waals surface area contributed by atoms with Gasteiger partial charge in [0.25, 0.3) is 5.91 Å². The highest BCUT2D eigenvalue weighted by Gasteiger charge is 2.52. The van der Waals surface area contributed by atoms with E-state index in [4.69, 9.17) is 0 Å². The lowest BCUT2D eigenvalue weighted by Crippen LogP contribution is -2.50. The van der Waals surface area contributed by atoms with Crippen molar-refractivity contribution in [3.63, 3.8) is 0 Å². The fourth-order valence-corrected chi connectivity index (χ4v) is 4.38. The molecule has 0 aromatic carbocycles. The third-order valence-corrected chi connectivity index (χ3v) is 5.89. The molecule has 3 aromatic heterocycles. The van der Waals surface area contributed by atoms with Gasteiger partial charge in [0, 0.05) is 49.7 Å². The van der Waals surface area contributed by atoms with Gasteiger partial charge in [-0.2, -0.15) is 0 Å². The number of carbonyl (C=O) groups is 2. The second-order valence-electron chi connectivity index (χ2n) is 7.40. The first-order valence-corrected chi connectivity index (χ1v) is 9.35. The van der Waals surface area contributed by atoms with Gasteiger partial charge in [-0.15, -0.1) is 0 Å². The minimum atomic E-state index is -0.556. The lowest BCUT2D eigenvalue weighted by Gasteiger charge is -2.35. The van der Waals surface area contributed by atoms with Crippen LogP contribution in [0.15, 0.2) is 49.1 Å². The van der Waals surface area contributed by atoms with Gasteiger partial charge in [0.05, 0.1) is 5.52 Å². The van der Waals surface area contributed by atoms with E-state index in [1.54, 1.807) is 29.7 Å². The first-order valence-electron chi connectivity index (χ1n) is 9.35. The standard InChI is InChI=1S/C21H19N5O2/c1-21-6-2-19(27)25(21)10-11-26(21)20(28)18-12-15(14-3-7-22-8-4-14)16-13-23-9-5-17(16)24-18/h3-5,7-9,12-13H,2,6,10-11H2,1H3/t21-/m0/s1. The second-order valence-corrected chi connectivity index (χ2v) is 7.40. The van der Waals surface area contributed by atoms with Crippen LogP contribution in [0.25, 0.3) is 22.0 Å². The zero-order valence-electron chi connectivity index (χ0n) is 15.5. The second kappa shape index (κ2) is 6.09. The van der Waals surface area contributed by atoms with Gasteiger partial charge < -0.3 is 9.80 Å². The Hall–Kier alpha value is -3.35. The zero-order chi connectivity index (χ0) is 19.3. The Bertz CT molecular complexity index is 1100. The average molecular weight is 373 g/mol. The summed E-state index contributed by atoms with van der Waals surface area (Å²) in [4.78, 5) is 42.1. The smallest absolute Gasteiger partial charge is 0.274 e. The summed E-state index contributed by atoms with van der Waals surface area (Å²) in [5, 5.41) is 0.885. The van der Waals surface area contributed by atoms with Crippen LogP contribution in [-0.2, 0) is 4.79 Å². The van der Waals surface area contributed by atoms with Crippen molar-refractivity contribution in [3.05, 3.63) is 54.7 Å². The maximum atomic E-state index is 13.4. The lowest BCUT2D eigenvalue weighted by molar-refractivity contribution is -0.130. The van der Waals surface area contributed by atoms with E-state index in [-0.39, 0.29) is 11.8 Å². The van der Waals surface area contributed by atoms with Crippen LogP contribution in [0, 0.1) is 0 Å². The largest absolute Gasteiger partial charge is 0.318 e. The van der Waals surface area contributed by atoms with Crippen molar-refractivity contribution in [2.45, 2.75) is 25.4 Å². The van der Waals surface area contributed by atoms with Crippen LogP contribution in [0.2, 0.25) is 0 Å². The molecule has 5 rings (SSSR count). The Kier molecular flexibility index (Phi) is 3.65. The van der Waals surface area contributed by atoms with Crippen LogP contribution in [0.1, 0.15) is 30.3 Å². The van der Waals surface area contributed by atoms with Crippen molar-refractivity contribution in [1.82, 2.24) is 24.8 Å². The van der Waals surface area contributed by atoms with E-state index < -0.39 is 5.66 Å². The molecule has 2 amide bonds. The molecule has 0 N–H and O–H groups in total. The molecule has 0 unspecified atom stereocenters. The van der Waals surface area contributed by atoms with Gasteiger partial charge in [-0.05, 0) is 48.7 Å². The van der Waals surface area contributed by atoms with Gasteiger partial charge in [0.1, 0.15) is 11.4 Å². The highest BCUT2D eigenvalue weighted by Crippen LogP contribution is 2.38. The summed E-state index contributed by atoms with van der Waals surface area (Å²) in [6.07, 6.45) is 8.03. The molecular weight excluding hydrogens is 354 g/mol. The van der Waals surface area contributed by atoms with Crippen LogP contribution >= 0.6 is 0 Å². The monoisotopic (exact) mass is 373 g/mol. The molecule has 1 atom stereocenters. The van der Waals surface area contributed by atoms with Gasteiger partial charge >= 0.3 is 0 Å². The van der Waals surface area contributed by atoms with Crippen molar-refractivity contribution in [3.8, 4) is 11.1 Å². The highest BCUT2D eigenvalue weighted by atomic mass is 16.2. The van der Waals surface area contributed by atoms with Crippen LogP contribution in [0.4, 0.5) is 0 Å². The van der Waals surface area contributed by atoms with Gasteiger partial charge in [-0.3, -0.25) is 19.6 Å². The number of nitrogens with zero attached hydrogens (tertiary/aromatic N) is 5. The van der Waals surface area contributed by atoms with Crippen LogP contribution in [0.5, 0.6) is 0 Å². The number of aromatic nitrogens is 3. The molecule has 140 valence electrons. The summed E-state index contributed by atoms with van der Waals surface area (Å²) in [6, 6.07) is 7.45. The summed E-state index contributed by atoms with van der Waals surface area (Å²) < 4.78 is 0. The van der Waals surface area contributed by atoms with E-state index in [1.807, 2.05) is 36.1 Å². The first kappa shape index (κ1) is 16.8. The zero-order valence-corrected chi connectivity index (χ0v) is 15.5. The predicted octanol–water partition coefficient (Wildman–Crippen LogP) is 2.49. The molecule has 0 spiro atoms. The van der Waals surface area contributed by atoms with Crippen LogP contribution in [0.3, 0.4) is 0 Å². The number of fused-ring (bicyclic) bond motifs is 2. The topological polar surface area (TPSA) is 79.3 Å². The van der Waals surface area contributed by atoms with E-state index in [2.05, 4.69) is 15.0 Å². The Balaban J connectivity index is 1.62. The predicted molar refractivity (Wildman–Crippen MR) is 103 cm³/mol. The van der Waals surface area contributed by atoms with Crippen molar-refractivity contribution < 1.29 is 9.59 Å². The molecule has 0 saturated carbocycles. The van der Waals surface area contributed by atoms with E-state index in [0.717, 1.165) is 22.0 Å². The summed E-state index contributed by atoms with van der Waals surface area (Å²) in [5.74, 6) is -0.0264. The quantitative estimate of drug-likeness (QED) is 0.690. The Morgan fingerprint density at radius 1 is 1.11 bits per heavy atom. The summed E-state index contributed by atoms with van der Waals surface area (Å²) in [6.45, 7) is 3.08. The minimum absolute atomic E-state index is 0.118. The molecule has 28 heavy (non-hydrogen) atoms. The molecular formula is C21H19N5O2. The van der Waals surface area contributed by atoms with Crippen molar-refractivity contribution in [1.29, 1.82) is 0 Å². The SMILES string of the molecule is C[C@]12CCC(=O)N1CCN2C(=O)c1cc(-c2ccncc2)c2cnccc2n1. The van der Waals surface area contributed by atoms with E-state index >= 15 is 0 Å². The molecule has 3 aromatic rings. The van der Waals surface area contributed by atoms with Crippen molar-refractivity contribution >= 4 is 22.7 Å². The molecule has 2 aliphatic rings. The third kappa shape index (κ3) is 2.39. The van der Waals surface area contributed by atoms with Gasteiger partial charge in [0.2, 0.25) is 5.91 Å². The third-order valence-electron chi connectivity index (χ3n) is 5.89. The first-order chi connectivity index (χ1) is 13.6. The van der Waals surface area contributed by atoms with E-state index in [1.165, 1.54) is 0 Å². The fourth-order valence-electron chi connectivity index (χ4n) is 4.38. The summed E-state index contributed by atoms with van der Waals surface area (Å²) in [5.41, 5.74) is 2.39. The number of rotatable bonds is 2. The molecule has 0 bridgehead atoms. The number of amides is 2. The normalized spacial score (nSPS) is 21.4. The maximum absolute atomic E-state index is 13.4. The Labute approximate surface area is 162 Å². The maximum Gasteiger partial charge on any atom is 0.274 e. The molecule has 7 nitrogen and oxygen atoms in total. The molecule has 2 fully saturated rings. The molecule has 2 aliphatic heterocycles. The number of pyridine rings is 3. The summed E-state index contributed by atoms with van der Waals surface area (Å²) >= 11 is 0. The molecule has 7 heteroatoms. The molecule has 0 radical (unpaired) electrons. The van der Waals surface area contributed by atoms with E-state index in [9.17, 15) is 9.59 Å². The highest BCUT2D eigenvalue weighted by molar-refractivity contribution is 6.01. The van der Waals surface area contributed by atoms with Crippen molar-refractivity contribution in [2.24, 2.45) is 0 Å². The summed E-state index contributed by atoms with van der Waals surface area (Å²) in [7, 11) is 0. The minimum Gasteiger partial charge on any atom is -0.318 e. The van der Waals surface area contributed by atoms with Crippen molar-refractivity contribution in [2.75, 3.05) is 13.1 Å². The van der Waals surface area contributed by atoms with Gasteiger partial charge in [-0.1, -0.05) is 0 Å². The number of hydrogen-bond acceptors (Lipinski definition) is 5. The molecule has 2 saturated heterocycles. The van der Waals surface area contributed by atoms with Crippen LogP contribution < -0.4 is 0 Å². The molecule has 5 heterocycles. The lowest BCUT2D eigenvalue weighted by atomic mass is 10.0. The number of carbonyl (C=O) groups excluding carboxylic acids is 2. The van der Waals surface area contributed by atoms with Crippen LogP contribution in [-0.4, -0.2) is 55.3 Å². The van der Waals surface area contributed by atoms with Gasteiger partial charge in [-0.25, -0.2) is 4.98 Å². The van der Waals surface area contributed by atoms with E-state index in [0.29, 0.717) is 31.6 Å². The average Bonchev–Trinajstić information content (AvgIpc) is 3.22. The Morgan fingerprint density at radius 2 is 1.89 bits per heavy atom.